The van der Waals surface area contributed by atoms with E-state index in [1.807, 2.05) is 0 Å². The average Bonchev–Trinajstić information content (AvgIpc) is 3.21. The molecule has 2 aromatic rings. The summed E-state index contributed by atoms with van der Waals surface area (Å²) in [6.45, 7) is 1.17. The largest absolute Gasteiger partial charge is 0.468 e. The van der Waals surface area contributed by atoms with E-state index in [-0.39, 0.29) is 24.9 Å². The minimum atomic E-state index is -0.787. The standard InChI is InChI=1S/C19H21N5O5.ClH/c1-28-18(26)15-11-24(9-8-21-15)17(25)14-5-3-2-4-13(14)16-7-6-12(29-16)10-22-23-19(20)27;/h2-7,10,15,21H,8-9,11H2,1H3,(H3,20,23,27);1H/b22-10+;/t15-;/m0./s1. The van der Waals surface area contributed by atoms with Crippen LogP contribution >= 0.6 is 12.4 Å². The van der Waals surface area contributed by atoms with Crippen LogP contribution in [0.5, 0.6) is 0 Å². The predicted octanol–water partition coefficient (Wildman–Crippen LogP) is 0.958. The molecule has 4 N–H and O–H groups in total. The van der Waals surface area contributed by atoms with Crippen molar-refractivity contribution in [2.24, 2.45) is 10.8 Å². The van der Waals surface area contributed by atoms with Gasteiger partial charge in [-0.2, -0.15) is 5.10 Å². The monoisotopic (exact) mass is 435 g/mol. The zero-order valence-electron chi connectivity index (χ0n) is 16.2. The fourth-order valence-electron chi connectivity index (χ4n) is 3.02. The first-order valence-corrected chi connectivity index (χ1v) is 8.88. The summed E-state index contributed by atoms with van der Waals surface area (Å²) in [7, 11) is 1.32. The first kappa shape index (κ1) is 22.9. The summed E-state index contributed by atoms with van der Waals surface area (Å²) in [6.07, 6.45) is 1.30. The third-order valence-electron chi connectivity index (χ3n) is 4.36. The number of furan rings is 1. The molecule has 30 heavy (non-hydrogen) atoms. The summed E-state index contributed by atoms with van der Waals surface area (Å²) < 4.78 is 10.5. The Kier molecular flexibility index (Phi) is 7.96. The lowest BCUT2D eigenvalue weighted by atomic mass is 10.0. The van der Waals surface area contributed by atoms with Crippen molar-refractivity contribution < 1.29 is 23.5 Å². The van der Waals surface area contributed by atoms with Crippen molar-refractivity contribution in [3.63, 3.8) is 0 Å². The fraction of sp³-hybridized carbons (Fsp3) is 0.263. The van der Waals surface area contributed by atoms with Crippen molar-refractivity contribution in [3.8, 4) is 11.3 Å². The number of nitrogens with two attached hydrogens (primary N) is 1. The van der Waals surface area contributed by atoms with E-state index in [1.165, 1.54) is 13.3 Å². The maximum absolute atomic E-state index is 13.1. The maximum atomic E-state index is 13.1. The molecule has 0 radical (unpaired) electrons. The van der Waals surface area contributed by atoms with Crippen molar-refractivity contribution in [2.45, 2.75) is 6.04 Å². The van der Waals surface area contributed by atoms with E-state index < -0.39 is 18.0 Å². The highest BCUT2D eigenvalue weighted by atomic mass is 35.5. The molecule has 0 spiro atoms. The molecule has 1 saturated heterocycles. The Bertz CT molecular complexity index is 945. The molecular weight excluding hydrogens is 414 g/mol. The minimum Gasteiger partial charge on any atom is -0.468 e. The van der Waals surface area contributed by atoms with Gasteiger partial charge in [-0.1, -0.05) is 18.2 Å². The number of carbonyl (C=O) groups is 3. The zero-order valence-corrected chi connectivity index (χ0v) is 17.0. The van der Waals surface area contributed by atoms with E-state index in [1.54, 1.807) is 41.3 Å². The molecule has 0 bridgehead atoms. The van der Waals surface area contributed by atoms with Gasteiger partial charge in [0.05, 0.1) is 18.9 Å². The molecule has 3 rings (SSSR count). The number of piperazine rings is 1. The van der Waals surface area contributed by atoms with E-state index in [2.05, 4.69) is 15.8 Å². The number of halogens is 1. The number of amides is 3. The second-order valence-electron chi connectivity index (χ2n) is 6.26. The number of hydrazone groups is 1. The maximum Gasteiger partial charge on any atom is 0.332 e. The van der Waals surface area contributed by atoms with Gasteiger partial charge in [-0.25, -0.2) is 10.2 Å². The molecule has 11 heteroatoms. The van der Waals surface area contributed by atoms with Crippen molar-refractivity contribution in [1.29, 1.82) is 0 Å². The Hall–Kier alpha value is -3.37. The van der Waals surface area contributed by atoms with E-state index in [9.17, 15) is 14.4 Å². The average molecular weight is 436 g/mol. The summed E-state index contributed by atoms with van der Waals surface area (Å²) in [6, 6.07) is 9.05. The summed E-state index contributed by atoms with van der Waals surface area (Å²) in [5.74, 6) is 0.228. The first-order valence-electron chi connectivity index (χ1n) is 8.88. The number of benzene rings is 1. The molecule has 3 amide bonds. The topological polar surface area (TPSA) is 139 Å². The van der Waals surface area contributed by atoms with Crippen LogP contribution in [0.3, 0.4) is 0 Å². The number of nitrogens with zero attached hydrogens (tertiary/aromatic N) is 2. The van der Waals surface area contributed by atoms with Crippen molar-refractivity contribution in [1.82, 2.24) is 15.6 Å². The fourth-order valence-corrected chi connectivity index (χ4v) is 3.02. The molecule has 1 atom stereocenters. The van der Waals surface area contributed by atoms with Gasteiger partial charge in [0.15, 0.2) is 0 Å². The molecule has 0 aliphatic carbocycles. The molecule has 1 fully saturated rings. The van der Waals surface area contributed by atoms with Gasteiger partial charge in [-0.15, -0.1) is 12.4 Å². The van der Waals surface area contributed by atoms with Crippen molar-refractivity contribution in [3.05, 3.63) is 47.7 Å². The van der Waals surface area contributed by atoms with Crippen LogP contribution in [0.1, 0.15) is 16.1 Å². The Labute approximate surface area is 178 Å². The minimum absolute atomic E-state index is 0. The number of methoxy groups -OCH3 is 1. The quantitative estimate of drug-likeness (QED) is 0.363. The molecule has 0 saturated carbocycles. The highest BCUT2D eigenvalue weighted by Crippen LogP contribution is 2.27. The lowest BCUT2D eigenvalue weighted by Crippen LogP contribution is -2.56. The predicted molar refractivity (Wildman–Crippen MR) is 111 cm³/mol. The molecule has 1 aliphatic rings. The van der Waals surface area contributed by atoms with Gasteiger partial charge in [0.25, 0.3) is 5.91 Å². The smallest absolute Gasteiger partial charge is 0.332 e. The van der Waals surface area contributed by atoms with Gasteiger partial charge < -0.3 is 25.1 Å². The molecule has 1 aromatic heterocycles. The summed E-state index contributed by atoms with van der Waals surface area (Å²) in [5, 5.41) is 6.69. The van der Waals surface area contributed by atoms with Gasteiger partial charge in [-0.3, -0.25) is 9.59 Å². The van der Waals surface area contributed by atoms with Crippen LogP contribution in [-0.4, -0.2) is 61.8 Å². The number of urea groups is 1. The Morgan fingerprint density at radius 3 is 2.80 bits per heavy atom. The third kappa shape index (κ3) is 5.37. The summed E-state index contributed by atoms with van der Waals surface area (Å²) in [4.78, 5) is 37.2. The van der Waals surface area contributed by atoms with Gasteiger partial charge in [0, 0.05) is 25.2 Å². The summed E-state index contributed by atoms with van der Waals surface area (Å²) >= 11 is 0. The van der Waals surface area contributed by atoms with Crippen LogP contribution in [0, 0.1) is 0 Å². The number of hydrogen-bond acceptors (Lipinski definition) is 7. The van der Waals surface area contributed by atoms with E-state index in [0.717, 1.165) is 0 Å². The number of esters is 1. The van der Waals surface area contributed by atoms with Crippen LogP contribution < -0.4 is 16.5 Å². The third-order valence-corrected chi connectivity index (χ3v) is 4.36. The second-order valence-corrected chi connectivity index (χ2v) is 6.26. The van der Waals surface area contributed by atoms with Gasteiger partial charge >= 0.3 is 12.0 Å². The van der Waals surface area contributed by atoms with Gasteiger partial charge in [0.2, 0.25) is 0 Å². The lowest BCUT2D eigenvalue weighted by Gasteiger charge is -2.32. The van der Waals surface area contributed by atoms with E-state index in [4.69, 9.17) is 14.9 Å². The van der Waals surface area contributed by atoms with E-state index >= 15 is 0 Å². The molecule has 1 aliphatic heterocycles. The zero-order chi connectivity index (χ0) is 20.8. The molecule has 10 nitrogen and oxygen atoms in total. The Morgan fingerprint density at radius 1 is 1.30 bits per heavy atom. The number of primary amides is 1. The van der Waals surface area contributed by atoms with Crippen LogP contribution in [0.4, 0.5) is 4.79 Å². The lowest BCUT2D eigenvalue weighted by molar-refractivity contribution is -0.144. The number of ether oxygens (including phenoxy) is 1. The number of hydrogen-bond donors (Lipinski definition) is 3. The number of carbonyl (C=O) groups excluding carboxylic acids is 3. The van der Waals surface area contributed by atoms with Crippen molar-refractivity contribution in [2.75, 3.05) is 26.7 Å². The number of rotatable bonds is 5. The van der Waals surface area contributed by atoms with Crippen LogP contribution in [0.2, 0.25) is 0 Å². The highest BCUT2D eigenvalue weighted by molar-refractivity contribution is 6.00. The van der Waals surface area contributed by atoms with Crippen LogP contribution in [-0.2, 0) is 9.53 Å². The molecule has 1 aromatic carbocycles. The molecular formula is C19H22ClN5O5. The number of nitrogens with one attached hydrogen (secondary N) is 2. The van der Waals surface area contributed by atoms with Crippen LogP contribution in [0.15, 0.2) is 45.9 Å². The highest BCUT2D eigenvalue weighted by Gasteiger charge is 2.30. The van der Waals surface area contributed by atoms with Gasteiger partial charge in [0.1, 0.15) is 17.6 Å². The summed E-state index contributed by atoms with van der Waals surface area (Å²) in [5.41, 5.74) is 8.08. The molecule has 2 heterocycles. The second kappa shape index (κ2) is 10.4. The molecule has 0 unspecified atom stereocenters. The van der Waals surface area contributed by atoms with Crippen LogP contribution in [0.25, 0.3) is 11.3 Å². The normalized spacial score (nSPS) is 16.0. The SMILES string of the molecule is COC(=O)[C@@H]1CN(C(=O)c2ccccc2-c2ccc(/C=N/NC(N)=O)o2)CCN1.Cl. The van der Waals surface area contributed by atoms with Gasteiger partial charge in [-0.05, 0) is 18.2 Å². The first-order chi connectivity index (χ1) is 14.0. The van der Waals surface area contributed by atoms with Crippen molar-refractivity contribution >= 4 is 36.5 Å². The Balaban J connectivity index is 0.00000320. The molecule has 160 valence electrons. The van der Waals surface area contributed by atoms with E-state index in [0.29, 0.717) is 35.7 Å². The Morgan fingerprint density at radius 2 is 2.07 bits per heavy atom.